The molecule has 0 atom stereocenters. The van der Waals surface area contributed by atoms with Gasteiger partial charge in [0.2, 0.25) is 0 Å². The summed E-state index contributed by atoms with van der Waals surface area (Å²) in [7, 11) is 0. The van der Waals surface area contributed by atoms with E-state index in [4.69, 9.17) is 5.11 Å². The fourth-order valence-corrected chi connectivity index (χ4v) is 1.50. The van der Waals surface area contributed by atoms with E-state index in [2.05, 4.69) is 4.98 Å². The minimum atomic E-state index is -4.54. The van der Waals surface area contributed by atoms with Crippen LogP contribution in [0.2, 0.25) is 0 Å². The summed E-state index contributed by atoms with van der Waals surface area (Å²) in [6, 6.07) is 2.90. The first-order valence-electron chi connectivity index (χ1n) is 5.70. The van der Waals surface area contributed by atoms with E-state index in [0.717, 1.165) is 6.07 Å². The predicted molar refractivity (Wildman–Crippen MR) is 63.4 cm³/mol. The van der Waals surface area contributed by atoms with Gasteiger partial charge in [-0.15, -0.1) is 0 Å². The number of nitrogens with zero attached hydrogens (tertiary/aromatic N) is 2. The molecule has 1 rings (SSSR count). The second-order valence-electron chi connectivity index (χ2n) is 4.36. The van der Waals surface area contributed by atoms with E-state index in [1.807, 2.05) is 0 Å². The molecule has 1 N–H and O–H groups in total. The fraction of sp³-hybridized carbons (Fsp3) is 0.417. The van der Waals surface area contributed by atoms with Crippen LogP contribution in [0.1, 0.15) is 34.8 Å². The summed E-state index contributed by atoms with van der Waals surface area (Å²) in [5, 5.41) is 8.76. The van der Waals surface area contributed by atoms with E-state index in [0.29, 0.717) is 4.90 Å². The van der Waals surface area contributed by atoms with E-state index in [1.54, 1.807) is 0 Å². The molecule has 8 heteroatoms. The third-order valence-corrected chi connectivity index (χ3v) is 2.42. The van der Waals surface area contributed by atoms with Crippen LogP contribution >= 0.6 is 0 Å². The quantitative estimate of drug-likeness (QED) is 0.922. The minimum Gasteiger partial charge on any atom is -0.477 e. The van der Waals surface area contributed by atoms with Crippen LogP contribution in [0.15, 0.2) is 18.2 Å². The first-order chi connectivity index (χ1) is 9.11. The summed E-state index contributed by atoms with van der Waals surface area (Å²) >= 11 is 0. The van der Waals surface area contributed by atoms with Crippen LogP contribution < -0.4 is 0 Å². The Labute approximate surface area is 113 Å². The lowest BCUT2D eigenvalue weighted by Gasteiger charge is -2.27. The van der Waals surface area contributed by atoms with Crippen LogP contribution in [0, 0.1) is 0 Å². The number of pyridine rings is 1. The Morgan fingerprint density at radius 3 is 2.30 bits per heavy atom. The van der Waals surface area contributed by atoms with E-state index in [-0.39, 0.29) is 5.69 Å². The molecular formula is C12H13F3N2O3. The molecule has 0 aromatic carbocycles. The average molecular weight is 290 g/mol. The van der Waals surface area contributed by atoms with Crippen molar-refractivity contribution in [3.05, 3.63) is 29.6 Å². The molecular weight excluding hydrogens is 277 g/mol. The highest BCUT2D eigenvalue weighted by atomic mass is 19.4. The largest absolute Gasteiger partial charge is 0.477 e. The number of rotatable bonds is 4. The van der Waals surface area contributed by atoms with Gasteiger partial charge in [-0.05, 0) is 26.0 Å². The van der Waals surface area contributed by atoms with E-state index in [9.17, 15) is 22.8 Å². The molecule has 0 unspecified atom stereocenters. The number of aromatic nitrogens is 1. The fourth-order valence-electron chi connectivity index (χ4n) is 1.50. The van der Waals surface area contributed by atoms with Crippen molar-refractivity contribution in [2.24, 2.45) is 0 Å². The second-order valence-corrected chi connectivity index (χ2v) is 4.36. The molecule has 1 amide bonds. The highest BCUT2D eigenvalue weighted by Crippen LogP contribution is 2.19. The van der Waals surface area contributed by atoms with Crippen molar-refractivity contribution in [2.45, 2.75) is 26.1 Å². The molecule has 110 valence electrons. The number of hydrogen-bond acceptors (Lipinski definition) is 3. The van der Waals surface area contributed by atoms with Crippen LogP contribution in [0.4, 0.5) is 13.2 Å². The molecule has 0 bridgehead atoms. The number of carboxylic acids is 1. The third-order valence-electron chi connectivity index (χ3n) is 2.42. The van der Waals surface area contributed by atoms with Gasteiger partial charge in [-0.1, -0.05) is 6.07 Å². The van der Waals surface area contributed by atoms with Crippen LogP contribution in [-0.4, -0.2) is 45.6 Å². The number of alkyl halides is 3. The number of halogens is 3. The number of amides is 1. The predicted octanol–water partition coefficient (Wildman–Crippen LogP) is 2.19. The summed E-state index contributed by atoms with van der Waals surface area (Å²) in [5.41, 5.74) is -0.727. The number of carboxylic acid groups (broad SMARTS) is 1. The maximum absolute atomic E-state index is 12.4. The first-order valence-corrected chi connectivity index (χ1v) is 5.70. The molecule has 0 spiro atoms. The summed E-state index contributed by atoms with van der Waals surface area (Å²) in [6.07, 6.45) is -4.54. The Kier molecular flexibility index (Phi) is 4.69. The summed E-state index contributed by atoms with van der Waals surface area (Å²) < 4.78 is 37.3. The third kappa shape index (κ3) is 4.22. The number of carbonyl (C=O) groups is 2. The lowest BCUT2D eigenvalue weighted by atomic mass is 10.2. The van der Waals surface area contributed by atoms with Crippen molar-refractivity contribution in [2.75, 3.05) is 6.54 Å². The van der Waals surface area contributed by atoms with Crippen molar-refractivity contribution in [1.82, 2.24) is 9.88 Å². The average Bonchev–Trinajstić information content (AvgIpc) is 2.34. The van der Waals surface area contributed by atoms with Gasteiger partial charge >= 0.3 is 12.1 Å². The SMILES string of the molecule is CC(C)N(CC(F)(F)F)C(=O)c1cccc(C(=O)O)n1. The van der Waals surface area contributed by atoms with Crippen molar-refractivity contribution in [3.63, 3.8) is 0 Å². The Hall–Kier alpha value is -2.12. The molecule has 0 aliphatic carbocycles. The zero-order chi connectivity index (χ0) is 15.5. The van der Waals surface area contributed by atoms with Crippen molar-refractivity contribution in [1.29, 1.82) is 0 Å². The summed E-state index contributed by atoms with van der Waals surface area (Å²) in [6.45, 7) is 1.46. The highest BCUT2D eigenvalue weighted by Gasteiger charge is 2.35. The molecule has 5 nitrogen and oxygen atoms in total. The summed E-state index contributed by atoms with van der Waals surface area (Å²) in [5.74, 6) is -2.31. The zero-order valence-corrected chi connectivity index (χ0v) is 10.8. The Morgan fingerprint density at radius 1 is 1.30 bits per heavy atom. The number of carbonyl (C=O) groups excluding carboxylic acids is 1. The van der Waals surface area contributed by atoms with Crippen molar-refractivity contribution < 1.29 is 27.9 Å². The van der Waals surface area contributed by atoms with Gasteiger partial charge in [0.1, 0.15) is 17.9 Å². The molecule has 1 aromatic rings. The van der Waals surface area contributed by atoms with Gasteiger partial charge in [0, 0.05) is 6.04 Å². The maximum Gasteiger partial charge on any atom is 0.406 e. The highest BCUT2D eigenvalue weighted by molar-refractivity contribution is 5.94. The second kappa shape index (κ2) is 5.89. The van der Waals surface area contributed by atoms with Gasteiger partial charge in [0.05, 0.1) is 0 Å². The molecule has 0 radical (unpaired) electrons. The van der Waals surface area contributed by atoms with Crippen LogP contribution in [0.5, 0.6) is 0 Å². The van der Waals surface area contributed by atoms with Gasteiger partial charge in [-0.2, -0.15) is 13.2 Å². The molecule has 0 aliphatic heterocycles. The Bertz CT molecular complexity index is 515. The van der Waals surface area contributed by atoms with E-state index >= 15 is 0 Å². The topological polar surface area (TPSA) is 70.5 Å². The van der Waals surface area contributed by atoms with Crippen molar-refractivity contribution in [3.8, 4) is 0 Å². The Morgan fingerprint density at radius 2 is 1.85 bits per heavy atom. The number of aromatic carboxylic acids is 1. The monoisotopic (exact) mass is 290 g/mol. The van der Waals surface area contributed by atoms with Gasteiger partial charge in [-0.3, -0.25) is 4.79 Å². The molecule has 0 fully saturated rings. The molecule has 1 heterocycles. The maximum atomic E-state index is 12.4. The zero-order valence-electron chi connectivity index (χ0n) is 10.8. The summed E-state index contributed by atoms with van der Waals surface area (Å²) in [4.78, 5) is 26.9. The lowest BCUT2D eigenvalue weighted by Crippen LogP contribution is -2.43. The first kappa shape index (κ1) is 15.9. The van der Waals surface area contributed by atoms with Crippen LogP contribution in [-0.2, 0) is 0 Å². The van der Waals surface area contributed by atoms with Gasteiger partial charge < -0.3 is 10.0 Å². The van der Waals surface area contributed by atoms with Gasteiger partial charge in [0.25, 0.3) is 5.91 Å². The van der Waals surface area contributed by atoms with Crippen molar-refractivity contribution >= 4 is 11.9 Å². The molecule has 0 saturated heterocycles. The normalized spacial score (nSPS) is 11.5. The number of hydrogen-bond donors (Lipinski definition) is 1. The molecule has 20 heavy (non-hydrogen) atoms. The smallest absolute Gasteiger partial charge is 0.406 e. The lowest BCUT2D eigenvalue weighted by molar-refractivity contribution is -0.143. The molecule has 0 saturated carbocycles. The molecule has 1 aromatic heterocycles. The van der Waals surface area contributed by atoms with Gasteiger partial charge in [0.15, 0.2) is 0 Å². The van der Waals surface area contributed by atoms with E-state index < -0.39 is 36.3 Å². The van der Waals surface area contributed by atoms with Crippen LogP contribution in [0.3, 0.4) is 0 Å². The Balaban J connectivity index is 3.06. The standard InChI is InChI=1S/C12H13F3N2O3/c1-7(2)17(6-12(13,14)15)10(18)8-4-3-5-9(16-8)11(19)20/h3-5,7H,6H2,1-2H3,(H,19,20). The minimum absolute atomic E-state index is 0.331. The van der Waals surface area contributed by atoms with Crippen LogP contribution in [0.25, 0.3) is 0 Å². The van der Waals surface area contributed by atoms with Gasteiger partial charge in [-0.25, -0.2) is 9.78 Å². The van der Waals surface area contributed by atoms with E-state index in [1.165, 1.54) is 26.0 Å². The molecule has 0 aliphatic rings.